The topological polar surface area (TPSA) is 85.2 Å². The second-order valence-corrected chi connectivity index (χ2v) is 3.94. The molecule has 0 saturated heterocycles. The number of anilines is 2. The predicted octanol–water partition coefficient (Wildman–Crippen LogP) is 1.64. The van der Waals surface area contributed by atoms with E-state index in [0.29, 0.717) is 11.5 Å². The standard InChI is InChI=1S/C12H14N4O/c1-7-10-4-3-9(13)5-8(10)6-11(15-7)16(2)12(14)17/h3-6H,13H2,1-2H3,(H2,14,17). The summed E-state index contributed by atoms with van der Waals surface area (Å²) in [5, 5.41) is 1.96. The van der Waals surface area contributed by atoms with Gasteiger partial charge in [-0.05, 0) is 30.5 Å². The molecule has 0 aliphatic heterocycles. The molecule has 0 aliphatic carbocycles. The van der Waals surface area contributed by atoms with Crippen molar-refractivity contribution in [3.8, 4) is 0 Å². The van der Waals surface area contributed by atoms with Crippen molar-refractivity contribution in [1.82, 2.24) is 4.98 Å². The van der Waals surface area contributed by atoms with E-state index >= 15 is 0 Å². The van der Waals surface area contributed by atoms with Gasteiger partial charge in [0, 0.05) is 23.8 Å². The van der Waals surface area contributed by atoms with Gasteiger partial charge in [-0.1, -0.05) is 6.07 Å². The van der Waals surface area contributed by atoms with Gasteiger partial charge in [0.1, 0.15) is 5.82 Å². The lowest BCUT2D eigenvalue weighted by Gasteiger charge is -2.15. The molecule has 1 heterocycles. The Morgan fingerprint density at radius 3 is 2.71 bits per heavy atom. The van der Waals surface area contributed by atoms with Crippen LogP contribution in [0, 0.1) is 6.92 Å². The van der Waals surface area contributed by atoms with Crippen molar-refractivity contribution in [3.63, 3.8) is 0 Å². The molecule has 88 valence electrons. The molecule has 0 fully saturated rings. The number of rotatable bonds is 1. The van der Waals surface area contributed by atoms with Crippen LogP contribution >= 0.6 is 0 Å². The number of urea groups is 1. The third-order valence-corrected chi connectivity index (χ3v) is 2.71. The van der Waals surface area contributed by atoms with Crippen LogP contribution in [0.4, 0.5) is 16.3 Å². The fourth-order valence-corrected chi connectivity index (χ4v) is 1.72. The van der Waals surface area contributed by atoms with Crippen LogP contribution in [0.5, 0.6) is 0 Å². The predicted molar refractivity (Wildman–Crippen MR) is 68.9 cm³/mol. The van der Waals surface area contributed by atoms with Crippen molar-refractivity contribution in [2.24, 2.45) is 5.73 Å². The zero-order chi connectivity index (χ0) is 12.6. The smallest absolute Gasteiger partial charge is 0.320 e. The minimum absolute atomic E-state index is 0.521. The Hall–Kier alpha value is -2.30. The lowest BCUT2D eigenvalue weighted by atomic mass is 10.1. The van der Waals surface area contributed by atoms with E-state index in [2.05, 4.69) is 4.98 Å². The van der Waals surface area contributed by atoms with E-state index in [1.807, 2.05) is 25.1 Å². The van der Waals surface area contributed by atoms with E-state index in [4.69, 9.17) is 11.5 Å². The summed E-state index contributed by atoms with van der Waals surface area (Å²) in [6.45, 7) is 1.89. The number of hydrogen-bond acceptors (Lipinski definition) is 3. The molecule has 2 rings (SSSR count). The number of fused-ring (bicyclic) bond motifs is 1. The van der Waals surface area contributed by atoms with Gasteiger partial charge in [0.15, 0.2) is 0 Å². The number of amides is 2. The van der Waals surface area contributed by atoms with Crippen LogP contribution in [0.2, 0.25) is 0 Å². The highest BCUT2D eigenvalue weighted by molar-refractivity contribution is 5.94. The Morgan fingerprint density at radius 1 is 1.35 bits per heavy atom. The van der Waals surface area contributed by atoms with Crippen LogP contribution < -0.4 is 16.4 Å². The number of carbonyl (C=O) groups is 1. The lowest BCUT2D eigenvalue weighted by molar-refractivity contribution is 0.255. The minimum atomic E-state index is -0.542. The van der Waals surface area contributed by atoms with Crippen molar-refractivity contribution in [1.29, 1.82) is 0 Å². The third-order valence-electron chi connectivity index (χ3n) is 2.71. The number of aromatic nitrogens is 1. The molecular weight excluding hydrogens is 216 g/mol. The zero-order valence-corrected chi connectivity index (χ0v) is 9.77. The number of nitrogens with two attached hydrogens (primary N) is 2. The first-order chi connectivity index (χ1) is 7.99. The normalized spacial score (nSPS) is 10.5. The van der Waals surface area contributed by atoms with Gasteiger partial charge in [-0.25, -0.2) is 9.78 Å². The van der Waals surface area contributed by atoms with Gasteiger partial charge in [-0.2, -0.15) is 0 Å². The summed E-state index contributed by atoms with van der Waals surface area (Å²) in [6, 6.07) is 6.85. The van der Waals surface area contributed by atoms with Crippen LogP contribution in [0.3, 0.4) is 0 Å². The van der Waals surface area contributed by atoms with Gasteiger partial charge in [0.25, 0.3) is 0 Å². The maximum absolute atomic E-state index is 11.1. The van der Waals surface area contributed by atoms with Gasteiger partial charge in [-0.3, -0.25) is 4.90 Å². The van der Waals surface area contributed by atoms with Gasteiger partial charge >= 0.3 is 6.03 Å². The molecule has 1 aromatic carbocycles. The lowest BCUT2D eigenvalue weighted by Crippen LogP contribution is -2.32. The Bertz CT molecular complexity index is 594. The second kappa shape index (κ2) is 3.93. The number of carbonyl (C=O) groups excluding carboxylic acids is 1. The summed E-state index contributed by atoms with van der Waals surface area (Å²) in [4.78, 5) is 16.7. The highest BCUT2D eigenvalue weighted by Crippen LogP contribution is 2.24. The molecule has 0 radical (unpaired) electrons. The van der Waals surface area contributed by atoms with Gasteiger partial charge < -0.3 is 11.5 Å². The number of aryl methyl sites for hydroxylation is 1. The third kappa shape index (κ3) is 1.99. The molecule has 0 unspecified atom stereocenters. The maximum atomic E-state index is 11.1. The largest absolute Gasteiger partial charge is 0.399 e. The summed E-state index contributed by atoms with van der Waals surface area (Å²) < 4.78 is 0. The Kier molecular flexibility index (Phi) is 2.59. The average Bonchev–Trinajstić information content (AvgIpc) is 2.27. The summed E-state index contributed by atoms with van der Waals surface area (Å²) in [6.07, 6.45) is 0. The number of benzene rings is 1. The molecule has 0 saturated carbocycles. The van der Waals surface area contributed by atoms with E-state index in [0.717, 1.165) is 16.5 Å². The molecule has 5 nitrogen and oxygen atoms in total. The summed E-state index contributed by atoms with van der Waals surface area (Å²) >= 11 is 0. The first-order valence-corrected chi connectivity index (χ1v) is 5.19. The molecule has 0 spiro atoms. The molecule has 2 amide bonds. The number of nitrogen functional groups attached to an aromatic ring is 1. The first-order valence-electron chi connectivity index (χ1n) is 5.19. The van der Waals surface area contributed by atoms with Crippen LogP contribution in [-0.2, 0) is 0 Å². The van der Waals surface area contributed by atoms with E-state index in [-0.39, 0.29) is 0 Å². The molecule has 5 heteroatoms. The molecule has 0 bridgehead atoms. The summed E-state index contributed by atoms with van der Waals surface area (Å²) in [5.41, 5.74) is 12.5. The Balaban J connectivity index is 2.65. The number of hydrogen-bond donors (Lipinski definition) is 2. The van der Waals surface area contributed by atoms with E-state index in [1.165, 1.54) is 4.90 Å². The van der Waals surface area contributed by atoms with Crippen LogP contribution in [0.1, 0.15) is 5.69 Å². The van der Waals surface area contributed by atoms with Gasteiger partial charge in [0.2, 0.25) is 0 Å². The highest BCUT2D eigenvalue weighted by Gasteiger charge is 2.10. The summed E-state index contributed by atoms with van der Waals surface area (Å²) in [5.74, 6) is 0.521. The van der Waals surface area contributed by atoms with Gasteiger partial charge in [-0.15, -0.1) is 0 Å². The van der Waals surface area contributed by atoms with Crippen molar-refractivity contribution >= 4 is 28.3 Å². The number of pyridine rings is 1. The number of nitrogens with zero attached hydrogens (tertiary/aromatic N) is 2. The Morgan fingerprint density at radius 2 is 2.06 bits per heavy atom. The first kappa shape index (κ1) is 11.2. The van der Waals surface area contributed by atoms with Crippen LogP contribution in [0.25, 0.3) is 10.8 Å². The monoisotopic (exact) mass is 230 g/mol. The van der Waals surface area contributed by atoms with Crippen LogP contribution in [0.15, 0.2) is 24.3 Å². The fourth-order valence-electron chi connectivity index (χ4n) is 1.72. The van der Waals surface area contributed by atoms with Crippen molar-refractivity contribution < 1.29 is 4.79 Å². The van der Waals surface area contributed by atoms with Gasteiger partial charge in [0.05, 0.1) is 0 Å². The molecular formula is C12H14N4O. The summed E-state index contributed by atoms with van der Waals surface area (Å²) in [7, 11) is 1.59. The molecule has 0 atom stereocenters. The quantitative estimate of drug-likeness (QED) is 0.730. The van der Waals surface area contributed by atoms with Crippen molar-refractivity contribution in [2.75, 3.05) is 17.7 Å². The average molecular weight is 230 g/mol. The molecule has 0 aliphatic rings. The van der Waals surface area contributed by atoms with Crippen molar-refractivity contribution in [2.45, 2.75) is 6.92 Å². The Labute approximate surface area is 99.0 Å². The maximum Gasteiger partial charge on any atom is 0.320 e. The molecule has 1 aromatic heterocycles. The molecule has 17 heavy (non-hydrogen) atoms. The SMILES string of the molecule is Cc1nc(N(C)C(N)=O)cc2cc(N)ccc12. The molecule has 4 N–H and O–H groups in total. The van der Waals surface area contributed by atoms with E-state index in [9.17, 15) is 4.79 Å². The van der Waals surface area contributed by atoms with E-state index in [1.54, 1.807) is 13.1 Å². The van der Waals surface area contributed by atoms with Crippen molar-refractivity contribution in [3.05, 3.63) is 30.0 Å². The highest BCUT2D eigenvalue weighted by atomic mass is 16.2. The van der Waals surface area contributed by atoms with Crippen LogP contribution in [-0.4, -0.2) is 18.1 Å². The second-order valence-electron chi connectivity index (χ2n) is 3.94. The number of primary amides is 1. The fraction of sp³-hybridized carbons (Fsp3) is 0.167. The van der Waals surface area contributed by atoms with E-state index < -0.39 is 6.03 Å². The minimum Gasteiger partial charge on any atom is -0.399 e. The molecule has 2 aromatic rings. The zero-order valence-electron chi connectivity index (χ0n) is 9.77.